The van der Waals surface area contributed by atoms with Crippen LogP contribution in [0.1, 0.15) is 22.8 Å². The molecule has 0 saturated heterocycles. The largest absolute Gasteiger partial charge is 0.322 e. The number of nitrogens with one attached hydrogen (secondary N) is 1. The Bertz CT molecular complexity index is 698. The number of rotatable bonds is 3. The molecule has 1 aliphatic heterocycles. The third-order valence-corrected chi connectivity index (χ3v) is 3.51. The van der Waals surface area contributed by atoms with Crippen molar-refractivity contribution in [3.05, 3.63) is 53.9 Å². The smallest absolute Gasteiger partial charge is 0.257 e. The lowest BCUT2D eigenvalue weighted by Crippen LogP contribution is -2.25. The van der Waals surface area contributed by atoms with E-state index in [1.165, 1.54) is 6.20 Å². The van der Waals surface area contributed by atoms with Crippen LogP contribution in [0.4, 0.5) is 11.4 Å². The molecule has 0 radical (unpaired) electrons. The fraction of sp³-hybridized carbons (Fsp3) is 0.188. The normalized spacial score (nSPS) is 13.2. The average molecular weight is 281 g/mol. The van der Waals surface area contributed by atoms with Crippen molar-refractivity contribution in [2.24, 2.45) is 0 Å². The molecule has 5 nitrogen and oxygen atoms in total. The maximum absolute atomic E-state index is 12.1. The van der Waals surface area contributed by atoms with Gasteiger partial charge in [0.25, 0.3) is 5.91 Å². The lowest BCUT2D eigenvalue weighted by atomic mass is 10.1. The standard InChI is InChI=1S/C16H15N3O2/c1-2-19-14-6-5-13(8-12(14)9-15(19)20)18-16(21)11-4-3-7-17-10-11/h3-8,10H,2,9H2,1H3,(H,18,21). The molecule has 0 bridgehead atoms. The van der Waals surface area contributed by atoms with Crippen molar-refractivity contribution < 1.29 is 9.59 Å². The Balaban J connectivity index is 1.81. The summed E-state index contributed by atoms with van der Waals surface area (Å²) < 4.78 is 0. The third kappa shape index (κ3) is 2.50. The molecule has 1 aliphatic rings. The molecule has 2 amide bonds. The van der Waals surface area contributed by atoms with Gasteiger partial charge in [-0.2, -0.15) is 0 Å². The van der Waals surface area contributed by atoms with E-state index in [4.69, 9.17) is 0 Å². The molecule has 5 heteroatoms. The van der Waals surface area contributed by atoms with Gasteiger partial charge in [-0.25, -0.2) is 0 Å². The zero-order chi connectivity index (χ0) is 14.8. The Labute approximate surface area is 122 Å². The molecule has 0 saturated carbocycles. The Morgan fingerprint density at radius 1 is 1.38 bits per heavy atom. The van der Waals surface area contributed by atoms with E-state index in [0.29, 0.717) is 24.2 Å². The van der Waals surface area contributed by atoms with E-state index < -0.39 is 0 Å². The topological polar surface area (TPSA) is 62.3 Å². The minimum atomic E-state index is -0.209. The fourth-order valence-electron chi connectivity index (χ4n) is 2.51. The highest BCUT2D eigenvalue weighted by molar-refractivity contribution is 6.05. The number of likely N-dealkylation sites (N-methyl/N-ethyl adjacent to an activating group) is 1. The molecule has 2 aromatic rings. The number of pyridine rings is 1. The molecule has 1 aromatic carbocycles. The molecule has 1 aromatic heterocycles. The number of carbonyl (C=O) groups is 2. The maximum Gasteiger partial charge on any atom is 0.257 e. The lowest BCUT2D eigenvalue weighted by Gasteiger charge is -2.14. The summed E-state index contributed by atoms with van der Waals surface area (Å²) >= 11 is 0. The number of anilines is 2. The average Bonchev–Trinajstić information content (AvgIpc) is 2.82. The first-order valence-electron chi connectivity index (χ1n) is 6.83. The molecular weight excluding hydrogens is 266 g/mol. The lowest BCUT2D eigenvalue weighted by molar-refractivity contribution is -0.117. The molecule has 1 N–H and O–H groups in total. The van der Waals surface area contributed by atoms with Crippen LogP contribution in [0.15, 0.2) is 42.7 Å². The molecule has 0 spiro atoms. The first-order valence-corrected chi connectivity index (χ1v) is 6.83. The summed E-state index contributed by atoms with van der Waals surface area (Å²) in [6, 6.07) is 8.97. The predicted octanol–water partition coefficient (Wildman–Crippen LogP) is 2.24. The number of nitrogens with zero attached hydrogens (tertiary/aromatic N) is 2. The number of carbonyl (C=O) groups excluding carboxylic acids is 2. The Morgan fingerprint density at radius 2 is 2.24 bits per heavy atom. The quantitative estimate of drug-likeness (QED) is 0.938. The van der Waals surface area contributed by atoms with E-state index in [0.717, 1.165) is 11.3 Å². The van der Waals surface area contributed by atoms with Crippen molar-refractivity contribution in [3.8, 4) is 0 Å². The Morgan fingerprint density at radius 3 is 2.95 bits per heavy atom. The minimum Gasteiger partial charge on any atom is -0.322 e. The summed E-state index contributed by atoms with van der Waals surface area (Å²) in [7, 11) is 0. The van der Waals surface area contributed by atoms with Crippen molar-refractivity contribution in [1.82, 2.24) is 4.98 Å². The Kier molecular flexibility index (Phi) is 3.39. The maximum atomic E-state index is 12.1. The van der Waals surface area contributed by atoms with Gasteiger partial charge in [0, 0.05) is 30.3 Å². The summed E-state index contributed by atoms with van der Waals surface area (Å²) in [4.78, 5) is 29.6. The van der Waals surface area contributed by atoms with Gasteiger partial charge in [-0.05, 0) is 42.8 Å². The van der Waals surface area contributed by atoms with Crippen molar-refractivity contribution in [2.75, 3.05) is 16.8 Å². The highest BCUT2D eigenvalue weighted by atomic mass is 16.2. The van der Waals surface area contributed by atoms with Crippen LogP contribution in [0.2, 0.25) is 0 Å². The van der Waals surface area contributed by atoms with Crippen LogP contribution >= 0.6 is 0 Å². The van der Waals surface area contributed by atoms with Gasteiger partial charge in [0.15, 0.2) is 0 Å². The van der Waals surface area contributed by atoms with Crippen LogP contribution in [0.5, 0.6) is 0 Å². The van der Waals surface area contributed by atoms with Crippen molar-refractivity contribution in [2.45, 2.75) is 13.3 Å². The molecule has 3 rings (SSSR count). The highest BCUT2D eigenvalue weighted by Crippen LogP contribution is 2.31. The first-order chi connectivity index (χ1) is 10.2. The number of benzene rings is 1. The molecule has 21 heavy (non-hydrogen) atoms. The van der Waals surface area contributed by atoms with Crippen LogP contribution < -0.4 is 10.2 Å². The van der Waals surface area contributed by atoms with E-state index in [-0.39, 0.29) is 11.8 Å². The van der Waals surface area contributed by atoms with Crippen LogP contribution in [0, 0.1) is 0 Å². The van der Waals surface area contributed by atoms with E-state index in [9.17, 15) is 9.59 Å². The van der Waals surface area contributed by atoms with Gasteiger partial charge in [-0.3, -0.25) is 14.6 Å². The van der Waals surface area contributed by atoms with E-state index >= 15 is 0 Å². The van der Waals surface area contributed by atoms with Gasteiger partial charge < -0.3 is 10.2 Å². The summed E-state index contributed by atoms with van der Waals surface area (Å²) in [6.07, 6.45) is 3.53. The minimum absolute atomic E-state index is 0.100. The molecule has 0 unspecified atom stereocenters. The van der Waals surface area contributed by atoms with E-state index in [2.05, 4.69) is 10.3 Å². The monoisotopic (exact) mass is 281 g/mol. The SMILES string of the molecule is CCN1C(=O)Cc2cc(NC(=O)c3cccnc3)ccc21. The van der Waals surface area contributed by atoms with Gasteiger partial charge in [0.1, 0.15) is 0 Å². The molecule has 2 heterocycles. The third-order valence-electron chi connectivity index (χ3n) is 3.51. The molecular formula is C16H15N3O2. The predicted molar refractivity (Wildman–Crippen MR) is 80.4 cm³/mol. The van der Waals surface area contributed by atoms with Gasteiger partial charge in [-0.15, -0.1) is 0 Å². The second-order valence-corrected chi connectivity index (χ2v) is 4.85. The number of amides is 2. The van der Waals surface area contributed by atoms with Gasteiger partial charge in [-0.1, -0.05) is 0 Å². The van der Waals surface area contributed by atoms with Crippen LogP contribution in [0.3, 0.4) is 0 Å². The number of hydrogen-bond donors (Lipinski definition) is 1. The second-order valence-electron chi connectivity index (χ2n) is 4.85. The van der Waals surface area contributed by atoms with E-state index in [1.54, 1.807) is 23.2 Å². The summed E-state index contributed by atoms with van der Waals surface area (Å²) in [5.41, 5.74) is 3.07. The Hall–Kier alpha value is -2.69. The van der Waals surface area contributed by atoms with Crippen LogP contribution in [-0.2, 0) is 11.2 Å². The summed E-state index contributed by atoms with van der Waals surface area (Å²) in [6.45, 7) is 2.61. The molecule has 0 atom stereocenters. The van der Waals surface area contributed by atoms with Crippen molar-refractivity contribution in [1.29, 1.82) is 0 Å². The highest BCUT2D eigenvalue weighted by Gasteiger charge is 2.25. The second kappa shape index (κ2) is 5.36. The van der Waals surface area contributed by atoms with Crippen molar-refractivity contribution >= 4 is 23.2 Å². The van der Waals surface area contributed by atoms with Crippen molar-refractivity contribution in [3.63, 3.8) is 0 Å². The fourth-order valence-corrected chi connectivity index (χ4v) is 2.51. The molecule has 0 aliphatic carbocycles. The zero-order valence-electron chi connectivity index (χ0n) is 11.7. The zero-order valence-corrected chi connectivity index (χ0v) is 11.7. The summed E-state index contributed by atoms with van der Waals surface area (Å²) in [5, 5.41) is 2.83. The number of fused-ring (bicyclic) bond motifs is 1. The van der Waals surface area contributed by atoms with Crippen LogP contribution in [-0.4, -0.2) is 23.3 Å². The van der Waals surface area contributed by atoms with E-state index in [1.807, 2.05) is 25.1 Å². The van der Waals surface area contributed by atoms with Crippen LogP contribution in [0.25, 0.3) is 0 Å². The summed E-state index contributed by atoms with van der Waals surface area (Å²) in [5.74, 6) is -0.108. The number of aromatic nitrogens is 1. The van der Waals surface area contributed by atoms with Gasteiger partial charge in [0.2, 0.25) is 5.91 Å². The number of hydrogen-bond acceptors (Lipinski definition) is 3. The van der Waals surface area contributed by atoms with Gasteiger partial charge in [0.05, 0.1) is 12.0 Å². The first kappa shape index (κ1) is 13.3. The van der Waals surface area contributed by atoms with Gasteiger partial charge >= 0.3 is 0 Å². The molecule has 0 fully saturated rings. The molecule has 106 valence electrons.